The number of nitrogens with zero attached hydrogens (tertiary/aromatic N) is 2. The number of hydrogen-bond donors (Lipinski definition) is 3. The zero-order chi connectivity index (χ0) is 21.0. The molecule has 3 aromatic rings. The monoisotopic (exact) mass is 423 g/mol. The van der Waals surface area contributed by atoms with E-state index in [1.165, 1.54) is 0 Å². The molecule has 3 aromatic carbocycles. The zero-order valence-electron chi connectivity index (χ0n) is 16.6. The van der Waals surface area contributed by atoms with Crippen LogP contribution in [-0.2, 0) is 0 Å². The molecule has 0 radical (unpaired) electrons. The van der Waals surface area contributed by atoms with E-state index in [9.17, 15) is 14.8 Å². The van der Waals surface area contributed by atoms with Crippen LogP contribution in [0.5, 0.6) is 0 Å². The summed E-state index contributed by atoms with van der Waals surface area (Å²) in [5.74, 6) is 0. The van der Waals surface area contributed by atoms with Gasteiger partial charge >= 0.3 is 177 Å². The van der Waals surface area contributed by atoms with E-state index in [4.69, 9.17) is 0 Å². The molecule has 0 spiro atoms. The van der Waals surface area contributed by atoms with Crippen molar-refractivity contribution in [3.8, 4) is 0 Å². The normalized spacial score (nSPS) is 17.4. The van der Waals surface area contributed by atoms with Crippen molar-refractivity contribution < 1.29 is 14.8 Å². The summed E-state index contributed by atoms with van der Waals surface area (Å²) in [6.45, 7) is 1.46. The molecule has 1 atom stereocenters. The fraction of sp³-hybridized carbons (Fsp3) is 0.174. The van der Waals surface area contributed by atoms with Crippen molar-refractivity contribution in [1.29, 1.82) is 0 Å². The molecule has 4 rings (SSSR count). The van der Waals surface area contributed by atoms with Gasteiger partial charge in [-0.05, 0) is 0 Å². The van der Waals surface area contributed by atoms with Crippen molar-refractivity contribution in [2.24, 2.45) is 0 Å². The van der Waals surface area contributed by atoms with E-state index < -0.39 is 19.5 Å². The van der Waals surface area contributed by atoms with Crippen LogP contribution in [0.25, 0.3) is 0 Å². The molecule has 1 aliphatic heterocycles. The summed E-state index contributed by atoms with van der Waals surface area (Å²) >= 11 is 0. The van der Waals surface area contributed by atoms with Gasteiger partial charge in [-0.15, -0.1) is 0 Å². The first-order valence-electron chi connectivity index (χ1n) is 10.00. The molecule has 1 fully saturated rings. The SMILES string of the molecule is O=C(O)NCC(c1ccccc1)[PH]1(O)N(c2ccccc2)CCN1c1ccccc1. The number of anilines is 2. The molecule has 156 valence electrons. The molecule has 1 amide bonds. The van der Waals surface area contributed by atoms with Gasteiger partial charge in [0.15, 0.2) is 0 Å². The van der Waals surface area contributed by atoms with Crippen molar-refractivity contribution in [3.63, 3.8) is 0 Å². The molecule has 1 unspecified atom stereocenters. The molecular formula is C23H26N3O3P. The van der Waals surface area contributed by atoms with Gasteiger partial charge in [-0.1, -0.05) is 0 Å². The number of benzene rings is 3. The summed E-state index contributed by atoms with van der Waals surface area (Å²) in [5, 5.41) is 11.8. The van der Waals surface area contributed by atoms with Gasteiger partial charge in [-0.3, -0.25) is 0 Å². The van der Waals surface area contributed by atoms with Crippen molar-refractivity contribution in [1.82, 2.24) is 5.32 Å². The van der Waals surface area contributed by atoms with Gasteiger partial charge in [0, 0.05) is 0 Å². The molecule has 1 heterocycles. The van der Waals surface area contributed by atoms with Crippen LogP contribution in [0, 0.1) is 0 Å². The standard InChI is InChI=1S/C23H26N3O3P/c27-23(28)24-18-22(19-10-4-1-5-11-19)30(29)25(20-12-6-2-7-13-20)16-17-26(30)21-14-8-3-9-15-21/h1-15,22,24,29-30H,16-18H2,(H,27,28). The number of nitrogens with one attached hydrogen (secondary N) is 1. The van der Waals surface area contributed by atoms with E-state index in [2.05, 4.69) is 14.7 Å². The zero-order valence-corrected chi connectivity index (χ0v) is 17.6. The number of para-hydroxylation sites is 2. The van der Waals surface area contributed by atoms with E-state index in [-0.39, 0.29) is 6.54 Å². The van der Waals surface area contributed by atoms with Gasteiger partial charge in [0.1, 0.15) is 0 Å². The van der Waals surface area contributed by atoms with E-state index in [0.29, 0.717) is 13.1 Å². The summed E-state index contributed by atoms with van der Waals surface area (Å²) in [5.41, 5.74) is 2.42. The average molecular weight is 423 g/mol. The first-order chi connectivity index (χ1) is 14.6. The van der Waals surface area contributed by atoms with Crippen molar-refractivity contribution in [2.75, 3.05) is 29.0 Å². The molecular weight excluding hydrogens is 397 g/mol. The minimum absolute atomic E-state index is 0.134. The Morgan fingerprint density at radius 3 is 1.70 bits per heavy atom. The van der Waals surface area contributed by atoms with Crippen LogP contribution in [0.1, 0.15) is 11.2 Å². The Balaban J connectivity index is 1.84. The molecule has 3 N–H and O–H groups in total. The maximum absolute atomic E-state index is 12.5. The topological polar surface area (TPSA) is 76.0 Å². The van der Waals surface area contributed by atoms with E-state index in [1.54, 1.807) is 0 Å². The second-order valence-electron chi connectivity index (χ2n) is 7.31. The van der Waals surface area contributed by atoms with Crippen LogP contribution in [0.3, 0.4) is 0 Å². The van der Waals surface area contributed by atoms with Crippen LogP contribution in [0.15, 0.2) is 91.0 Å². The molecule has 1 saturated heterocycles. The molecule has 1 aliphatic rings. The number of carboxylic acid groups (broad SMARTS) is 1. The van der Waals surface area contributed by atoms with Crippen LogP contribution < -0.4 is 14.7 Å². The van der Waals surface area contributed by atoms with Crippen molar-refractivity contribution in [3.05, 3.63) is 96.6 Å². The molecule has 30 heavy (non-hydrogen) atoms. The predicted octanol–water partition coefficient (Wildman–Crippen LogP) is 4.51. The third-order valence-electron chi connectivity index (χ3n) is 5.60. The Hall–Kier alpha value is -3.08. The fourth-order valence-corrected chi connectivity index (χ4v) is 8.23. The Bertz CT molecular complexity index is 925. The molecule has 7 heteroatoms. The quantitative estimate of drug-likeness (QED) is 0.509. The Labute approximate surface area is 176 Å². The summed E-state index contributed by atoms with van der Waals surface area (Å²) in [4.78, 5) is 23.9. The third kappa shape index (κ3) is 3.84. The summed E-state index contributed by atoms with van der Waals surface area (Å²) in [6, 6.07) is 29.5. The van der Waals surface area contributed by atoms with Crippen molar-refractivity contribution >= 4 is 25.3 Å². The van der Waals surface area contributed by atoms with E-state index in [0.717, 1.165) is 16.9 Å². The number of amides is 1. The predicted molar refractivity (Wildman–Crippen MR) is 123 cm³/mol. The van der Waals surface area contributed by atoms with E-state index in [1.807, 2.05) is 91.0 Å². The number of hydrogen-bond acceptors (Lipinski definition) is 4. The van der Waals surface area contributed by atoms with Crippen LogP contribution in [-0.4, -0.2) is 35.7 Å². The van der Waals surface area contributed by atoms with Crippen LogP contribution in [0.2, 0.25) is 0 Å². The second kappa shape index (κ2) is 8.74. The number of carbonyl (C=O) groups is 1. The molecule has 0 bridgehead atoms. The maximum atomic E-state index is 12.5. The van der Waals surface area contributed by atoms with Crippen LogP contribution >= 0.6 is 7.79 Å². The molecule has 6 nitrogen and oxygen atoms in total. The van der Waals surface area contributed by atoms with Gasteiger partial charge < -0.3 is 0 Å². The molecule has 0 aliphatic carbocycles. The Kier molecular flexibility index (Phi) is 5.88. The molecule has 0 aromatic heterocycles. The molecule has 0 saturated carbocycles. The second-order valence-corrected chi connectivity index (χ2v) is 10.5. The van der Waals surface area contributed by atoms with Gasteiger partial charge in [0.25, 0.3) is 0 Å². The van der Waals surface area contributed by atoms with Gasteiger partial charge in [0.05, 0.1) is 0 Å². The van der Waals surface area contributed by atoms with Crippen molar-refractivity contribution in [2.45, 2.75) is 5.66 Å². The van der Waals surface area contributed by atoms with Gasteiger partial charge in [-0.2, -0.15) is 0 Å². The Morgan fingerprint density at radius 1 is 0.833 bits per heavy atom. The number of rotatable bonds is 6. The van der Waals surface area contributed by atoms with Gasteiger partial charge in [0.2, 0.25) is 0 Å². The Morgan fingerprint density at radius 2 is 1.27 bits per heavy atom. The fourth-order valence-electron chi connectivity index (χ4n) is 4.26. The minimum atomic E-state index is -3.42. The first-order valence-corrected chi connectivity index (χ1v) is 11.9. The summed E-state index contributed by atoms with van der Waals surface area (Å²) < 4.78 is 4.20. The first kappa shape index (κ1) is 20.2. The summed E-state index contributed by atoms with van der Waals surface area (Å²) in [7, 11) is -3.42. The summed E-state index contributed by atoms with van der Waals surface area (Å²) in [6.07, 6.45) is -1.09. The average Bonchev–Trinajstić information content (AvgIpc) is 3.13. The van der Waals surface area contributed by atoms with Gasteiger partial charge in [-0.25, -0.2) is 0 Å². The third-order valence-corrected chi connectivity index (χ3v) is 9.63. The van der Waals surface area contributed by atoms with Crippen LogP contribution in [0.4, 0.5) is 16.2 Å². The van der Waals surface area contributed by atoms with E-state index >= 15 is 0 Å².